The van der Waals surface area contributed by atoms with Crippen molar-refractivity contribution in [2.45, 2.75) is 12.8 Å². The molecule has 0 radical (unpaired) electrons. The van der Waals surface area contributed by atoms with E-state index in [0.29, 0.717) is 0 Å². The van der Waals surface area contributed by atoms with E-state index in [1.165, 1.54) is 0 Å². The van der Waals surface area contributed by atoms with Crippen molar-refractivity contribution in [1.82, 2.24) is 4.90 Å². The van der Waals surface area contributed by atoms with Gasteiger partial charge >= 0.3 is 0 Å². The summed E-state index contributed by atoms with van der Waals surface area (Å²) in [6.45, 7) is 1.58. The predicted octanol–water partition coefficient (Wildman–Crippen LogP) is 1.82. The summed E-state index contributed by atoms with van der Waals surface area (Å²) in [6, 6.07) is 0. The minimum atomic E-state index is -1.59. The lowest BCUT2D eigenvalue weighted by Crippen LogP contribution is -2.10. The van der Waals surface area contributed by atoms with Crippen LogP contribution in [0.2, 0.25) is 0 Å². The van der Waals surface area contributed by atoms with Gasteiger partial charge in [-0.15, -0.1) is 0 Å². The summed E-state index contributed by atoms with van der Waals surface area (Å²) in [5.41, 5.74) is 0. The van der Waals surface area contributed by atoms with Crippen LogP contribution in [0.15, 0.2) is 12.3 Å². The first kappa shape index (κ1) is 6.52. The molecule has 0 aliphatic carbocycles. The largest absolute Gasteiger partial charge is 0.373 e. The molecule has 1 aliphatic heterocycles. The van der Waals surface area contributed by atoms with Gasteiger partial charge in [0, 0.05) is 13.1 Å². The molecule has 0 aromatic heterocycles. The van der Waals surface area contributed by atoms with E-state index < -0.39 is 6.08 Å². The quantitative estimate of drug-likeness (QED) is 0.527. The van der Waals surface area contributed by atoms with Gasteiger partial charge in [-0.1, -0.05) is 0 Å². The molecule has 0 aromatic carbocycles. The molecule has 1 heterocycles. The Balaban J connectivity index is 2.35. The third-order valence-corrected chi connectivity index (χ3v) is 1.42. The average Bonchev–Trinajstić information content (AvgIpc) is 2.15. The topological polar surface area (TPSA) is 3.24 Å². The highest BCUT2D eigenvalue weighted by molar-refractivity contribution is 4.83. The van der Waals surface area contributed by atoms with E-state index in [0.717, 1.165) is 32.1 Å². The van der Waals surface area contributed by atoms with Crippen LogP contribution in [-0.4, -0.2) is 18.0 Å². The molecular weight excluding hydrogens is 124 g/mol. The van der Waals surface area contributed by atoms with Gasteiger partial charge in [0.2, 0.25) is 0 Å². The summed E-state index contributed by atoms with van der Waals surface area (Å²) in [5, 5.41) is 0. The number of likely N-dealkylation sites (tertiary alicyclic amines) is 1. The molecule has 0 saturated carbocycles. The van der Waals surface area contributed by atoms with Gasteiger partial charge in [0.15, 0.2) is 0 Å². The molecule has 1 nitrogen and oxygen atoms in total. The highest BCUT2D eigenvalue weighted by Gasteiger charge is 2.07. The Kier molecular flexibility index (Phi) is 2.03. The molecule has 0 bridgehead atoms. The summed E-state index contributed by atoms with van der Waals surface area (Å²) in [5.74, 6) is 0. The van der Waals surface area contributed by atoms with Crippen molar-refractivity contribution >= 4 is 0 Å². The monoisotopic (exact) mass is 133 g/mol. The fraction of sp³-hybridized carbons (Fsp3) is 0.667. The SMILES string of the molecule is FC(F)=CN1CCCC1. The molecule has 1 aliphatic rings. The molecule has 0 atom stereocenters. The van der Waals surface area contributed by atoms with Crippen molar-refractivity contribution in [1.29, 1.82) is 0 Å². The van der Waals surface area contributed by atoms with Gasteiger partial charge in [-0.2, -0.15) is 8.78 Å². The molecule has 9 heavy (non-hydrogen) atoms. The van der Waals surface area contributed by atoms with Crippen LogP contribution in [0, 0.1) is 0 Å². The Morgan fingerprint density at radius 2 is 1.78 bits per heavy atom. The summed E-state index contributed by atoms with van der Waals surface area (Å²) in [4.78, 5) is 1.65. The predicted molar refractivity (Wildman–Crippen MR) is 31.1 cm³/mol. The Morgan fingerprint density at radius 3 is 2.22 bits per heavy atom. The van der Waals surface area contributed by atoms with E-state index in [4.69, 9.17) is 0 Å². The first-order valence-corrected chi connectivity index (χ1v) is 3.06. The zero-order chi connectivity index (χ0) is 6.69. The van der Waals surface area contributed by atoms with Gasteiger partial charge < -0.3 is 4.90 Å². The average molecular weight is 133 g/mol. The maximum Gasteiger partial charge on any atom is 0.286 e. The highest BCUT2D eigenvalue weighted by atomic mass is 19.3. The number of hydrogen-bond donors (Lipinski definition) is 0. The number of halogens is 2. The van der Waals surface area contributed by atoms with Crippen LogP contribution >= 0.6 is 0 Å². The number of hydrogen-bond acceptors (Lipinski definition) is 1. The first-order chi connectivity index (χ1) is 4.29. The van der Waals surface area contributed by atoms with Crippen molar-refractivity contribution in [2.75, 3.05) is 13.1 Å². The molecule has 52 valence electrons. The lowest BCUT2D eigenvalue weighted by molar-refractivity contribution is 0.370. The Hall–Kier alpha value is -0.600. The zero-order valence-corrected chi connectivity index (χ0v) is 5.11. The van der Waals surface area contributed by atoms with Crippen LogP contribution in [0.4, 0.5) is 8.78 Å². The van der Waals surface area contributed by atoms with Crippen molar-refractivity contribution < 1.29 is 8.78 Å². The molecule has 1 saturated heterocycles. The molecule has 1 rings (SSSR count). The lowest BCUT2D eigenvalue weighted by atomic mass is 10.4. The van der Waals surface area contributed by atoms with Crippen LogP contribution in [0.5, 0.6) is 0 Å². The van der Waals surface area contributed by atoms with E-state index in [1.807, 2.05) is 0 Å². The smallest absolute Gasteiger partial charge is 0.286 e. The van der Waals surface area contributed by atoms with Crippen LogP contribution in [0.3, 0.4) is 0 Å². The third kappa shape index (κ3) is 2.00. The second-order valence-corrected chi connectivity index (χ2v) is 2.16. The van der Waals surface area contributed by atoms with Gasteiger partial charge in [-0.3, -0.25) is 0 Å². The molecule has 0 aromatic rings. The fourth-order valence-electron chi connectivity index (χ4n) is 1.01. The second-order valence-electron chi connectivity index (χ2n) is 2.16. The Bertz CT molecular complexity index is 112. The molecule has 0 spiro atoms. The molecule has 1 fully saturated rings. The van der Waals surface area contributed by atoms with E-state index in [-0.39, 0.29) is 0 Å². The summed E-state index contributed by atoms with van der Waals surface area (Å²) < 4.78 is 23.0. The van der Waals surface area contributed by atoms with Gasteiger partial charge in [0.05, 0.1) is 6.20 Å². The van der Waals surface area contributed by atoms with E-state index >= 15 is 0 Å². The zero-order valence-electron chi connectivity index (χ0n) is 5.11. The van der Waals surface area contributed by atoms with Crippen LogP contribution in [0.25, 0.3) is 0 Å². The van der Waals surface area contributed by atoms with E-state index in [9.17, 15) is 8.78 Å². The van der Waals surface area contributed by atoms with Crippen molar-refractivity contribution in [3.8, 4) is 0 Å². The van der Waals surface area contributed by atoms with Gasteiger partial charge in [0.25, 0.3) is 6.08 Å². The highest BCUT2D eigenvalue weighted by Crippen LogP contribution is 2.10. The number of nitrogens with zero attached hydrogens (tertiary/aromatic N) is 1. The minimum Gasteiger partial charge on any atom is -0.373 e. The third-order valence-electron chi connectivity index (χ3n) is 1.42. The van der Waals surface area contributed by atoms with Crippen LogP contribution < -0.4 is 0 Å². The second kappa shape index (κ2) is 2.80. The molecule has 0 N–H and O–H groups in total. The van der Waals surface area contributed by atoms with Crippen molar-refractivity contribution in [2.24, 2.45) is 0 Å². The maximum absolute atomic E-state index is 11.5. The molecule has 0 unspecified atom stereocenters. The summed E-state index contributed by atoms with van der Waals surface area (Å²) in [6.07, 6.45) is 1.43. The lowest BCUT2D eigenvalue weighted by Gasteiger charge is -2.07. The van der Waals surface area contributed by atoms with Gasteiger partial charge in [-0.25, -0.2) is 0 Å². The van der Waals surface area contributed by atoms with Gasteiger partial charge in [0.1, 0.15) is 0 Å². The van der Waals surface area contributed by atoms with Crippen molar-refractivity contribution in [3.05, 3.63) is 12.3 Å². The van der Waals surface area contributed by atoms with Crippen LogP contribution in [-0.2, 0) is 0 Å². The van der Waals surface area contributed by atoms with Crippen molar-refractivity contribution in [3.63, 3.8) is 0 Å². The van der Waals surface area contributed by atoms with E-state index in [1.54, 1.807) is 4.90 Å². The summed E-state index contributed by atoms with van der Waals surface area (Å²) in [7, 11) is 0. The van der Waals surface area contributed by atoms with E-state index in [2.05, 4.69) is 0 Å². The first-order valence-electron chi connectivity index (χ1n) is 3.06. The standard InChI is InChI=1S/C6H9F2N/c7-6(8)5-9-3-1-2-4-9/h5H,1-4H2. The molecule has 0 amide bonds. The maximum atomic E-state index is 11.5. The summed E-state index contributed by atoms with van der Waals surface area (Å²) >= 11 is 0. The number of rotatable bonds is 1. The molecular formula is C6H9F2N. The Morgan fingerprint density at radius 1 is 1.22 bits per heavy atom. The minimum absolute atomic E-state index is 0.789. The van der Waals surface area contributed by atoms with Crippen LogP contribution in [0.1, 0.15) is 12.8 Å². The Labute approximate surface area is 53.0 Å². The fourth-order valence-corrected chi connectivity index (χ4v) is 1.01. The normalized spacial score (nSPS) is 18.2. The van der Waals surface area contributed by atoms with Gasteiger partial charge in [-0.05, 0) is 12.8 Å². The molecule has 3 heteroatoms.